The molecule has 0 bridgehead atoms. The molecule has 0 fully saturated rings. The van der Waals surface area contributed by atoms with Crippen LogP contribution in [0.4, 0.5) is 0 Å². The number of carbonyl (C=O) groups is 1. The summed E-state index contributed by atoms with van der Waals surface area (Å²) < 4.78 is 0.0556. The molecule has 0 amide bonds. The standard InChI is InChI=1S/C5H9BrO.H3N/c1-5(2,3)4(6)7;/h1-3H3;1H3. The van der Waals surface area contributed by atoms with Crippen LogP contribution in [0, 0.1) is 5.41 Å². The van der Waals surface area contributed by atoms with Crippen molar-refractivity contribution in [3.05, 3.63) is 0 Å². The molecule has 0 aliphatic carbocycles. The molecule has 3 heteroatoms. The van der Waals surface area contributed by atoms with Crippen LogP contribution in [0.2, 0.25) is 0 Å². The first-order valence-electron chi connectivity index (χ1n) is 2.14. The molecule has 0 unspecified atom stereocenters. The van der Waals surface area contributed by atoms with Gasteiger partial charge < -0.3 is 6.15 Å². The minimum Gasteiger partial charge on any atom is -0.344 e. The minimum absolute atomic E-state index is 0. The van der Waals surface area contributed by atoms with E-state index in [4.69, 9.17) is 0 Å². The predicted molar refractivity (Wildman–Crippen MR) is 38.4 cm³/mol. The fraction of sp³-hybridized carbons (Fsp3) is 0.800. The molecule has 0 aliphatic heterocycles. The van der Waals surface area contributed by atoms with Crippen LogP contribution in [-0.4, -0.2) is 4.69 Å². The molecule has 0 saturated carbocycles. The van der Waals surface area contributed by atoms with Gasteiger partial charge >= 0.3 is 0 Å². The van der Waals surface area contributed by atoms with E-state index in [9.17, 15) is 4.79 Å². The van der Waals surface area contributed by atoms with E-state index < -0.39 is 0 Å². The highest BCUT2D eigenvalue weighted by molar-refractivity contribution is 9.18. The van der Waals surface area contributed by atoms with Gasteiger partial charge in [-0.2, -0.15) is 0 Å². The van der Waals surface area contributed by atoms with Crippen LogP contribution in [-0.2, 0) is 4.79 Å². The summed E-state index contributed by atoms with van der Waals surface area (Å²) in [6.45, 7) is 5.60. The Kier molecular flexibility index (Phi) is 4.39. The lowest BCUT2D eigenvalue weighted by atomic mass is 10.00. The Morgan fingerprint density at radius 3 is 1.50 bits per heavy atom. The van der Waals surface area contributed by atoms with Crippen molar-refractivity contribution in [2.45, 2.75) is 20.8 Å². The molecular formula is C5H12BrNO. The molecule has 0 spiro atoms. The summed E-state index contributed by atoms with van der Waals surface area (Å²) in [6, 6.07) is 0. The van der Waals surface area contributed by atoms with Gasteiger partial charge in [-0.15, -0.1) is 0 Å². The van der Waals surface area contributed by atoms with E-state index in [1.807, 2.05) is 20.8 Å². The van der Waals surface area contributed by atoms with Gasteiger partial charge in [0, 0.05) is 5.41 Å². The summed E-state index contributed by atoms with van der Waals surface area (Å²) in [5, 5.41) is 0. The maximum atomic E-state index is 10.4. The normalized spacial score (nSPS) is 10.0. The van der Waals surface area contributed by atoms with Gasteiger partial charge in [0.15, 0.2) is 0 Å². The molecule has 0 aromatic rings. The second-order valence-electron chi connectivity index (χ2n) is 2.52. The molecule has 0 heterocycles. The second kappa shape index (κ2) is 3.20. The van der Waals surface area contributed by atoms with E-state index in [-0.39, 0.29) is 16.3 Å². The maximum absolute atomic E-state index is 10.4. The summed E-state index contributed by atoms with van der Waals surface area (Å²) in [7, 11) is 0. The summed E-state index contributed by atoms with van der Waals surface area (Å²) in [4.78, 5) is 10.4. The van der Waals surface area contributed by atoms with E-state index >= 15 is 0 Å². The van der Waals surface area contributed by atoms with Crippen molar-refractivity contribution in [2.24, 2.45) is 5.41 Å². The Morgan fingerprint density at radius 1 is 1.38 bits per heavy atom. The zero-order valence-corrected chi connectivity index (χ0v) is 7.08. The molecule has 0 rings (SSSR count). The van der Waals surface area contributed by atoms with Gasteiger partial charge in [0.2, 0.25) is 4.69 Å². The number of rotatable bonds is 0. The van der Waals surface area contributed by atoms with Gasteiger partial charge in [-0.3, -0.25) is 4.79 Å². The van der Waals surface area contributed by atoms with Crippen molar-refractivity contribution in [3.63, 3.8) is 0 Å². The molecule has 3 N–H and O–H groups in total. The zero-order chi connectivity index (χ0) is 6.08. The monoisotopic (exact) mass is 181 g/mol. The highest BCUT2D eigenvalue weighted by Gasteiger charge is 2.16. The van der Waals surface area contributed by atoms with E-state index in [1.165, 1.54) is 0 Å². The third kappa shape index (κ3) is 4.27. The van der Waals surface area contributed by atoms with Crippen molar-refractivity contribution >= 4 is 20.6 Å². The Bertz CT molecular complexity index is 84.9. The molecule has 0 atom stereocenters. The van der Waals surface area contributed by atoms with Crippen molar-refractivity contribution in [2.75, 3.05) is 0 Å². The third-order valence-electron chi connectivity index (χ3n) is 0.590. The van der Waals surface area contributed by atoms with Crippen LogP contribution >= 0.6 is 15.9 Å². The number of hydrogen-bond acceptors (Lipinski definition) is 2. The Hall–Kier alpha value is 0.110. The first-order chi connectivity index (χ1) is 2.94. The van der Waals surface area contributed by atoms with Gasteiger partial charge in [0.25, 0.3) is 0 Å². The average Bonchev–Trinajstić information content (AvgIpc) is 1.31. The van der Waals surface area contributed by atoms with Crippen LogP contribution in [0.1, 0.15) is 20.8 Å². The van der Waals surface area contributed by atoms with Crippen molar-refractivity contribution in [1.82, 2.24) is 6.15 Å². The van der Waals surface area contributed by atoms with Gasteiger partial charge in [-0.05, 0) is 15.9 Å². The topological polar surface area (TPSA) is 52.1 Å². The summed E-state index contributed by atoms with van der Waals surface area (Å²) in [5.74, 6) is 0. The number of halogens is 1. The lowest BCUT2D eigenvalue weighted by Gasteiger charge is -2.09. The quantitative estimate of drug-likeness (QED) is 0.583. The highest BCUT2D eigenvalue weighted by Crippen LogP contribution is 2.17. The first-order valence-corrected chi connectivity index (χ1v) is 2.94. The average molecular weight is 182 g/mol. The smallest absolute Gasteiger partial charge is 0.203 e. The van der Waals surface area contributed by atoms with Gasteiger partial charge in [0.05, 0.1) is 0 Å². The Morgan fingerprint density at radius 2 is 1.50 bits per heavy atom. The lowest BCUT2D eigenvalue weighted by molar-refractivity contribution is -0.116. The second-order valence-corrected chi connectivity index (χ2v) is 3.24. The SMILES string of the molecule is CC(C)(C)C(=O)Br.N. The Balaban J connectivity index is 0. The summed E-state index contributed by atoms with van der Waals surface area (Å²) in [6.07, 6.45) is 0. The van der Waals surface area contributed by atoms with Crippen LogP contribution in [0.3, 0.4) is 0 Å². The molecule has 50 valence electrons. The maximum Gasteiger partial charge on any atom is 0.203 e. The van der Waals surface area contributed by atoms with Gasteiger partial charge in [0.1, 0.15) is 0 Å². The third-order valence-corrected chi connectivity index (χ3v) is 1.78. The molecule has 0 aliphatic rings. The summed E-state index contributed by atoms with van der Waals surface area (Å²) >= 11 is 2.86. The molecule has 0 aromatic heterocycles. The fourth-order valence-electron chi connectivity index (χ4n) is 0. The largest absolute Gasteiger partial charge is 0.344 e. The predicted octanol–water partition coefficient (Wildman–Crippen LogP) is 2.12. The fourth-order valence-corrected chi connectivity index (χ4v) is 0. The molecule has 8 heavy (non-hydrogen) atoms. The molecule has 0 radical (unpaired) electrons. The molecular weight excluding hydrogens is 170 g/mol. The van der Waals surface area contributed by atoms with Gasteiger partial charge in [-0.1, -0.05) is 20.8 Å². The van der Waals surface area contributed by atoms with Crippen molar-refractivity contribution in [3.8, 4) is 0 Å². The van der Waals surface area contributed by atoms with Crippen LogP contribution in [0.25, 0.3) is 0 Å². The van der Waals surface area contributed by atoms with Crippen molar-refractivity contribution < 1.29 is 4.79 Å². The first kappa shape index (κ1) is 11.0. The molecule has 2 nitrogen and oxygen atoms in total. The van der Waals surface area contributed by atoms with Crippen LogP contribution in [0.5, 0.6) is 0 Å². The minimum atomic E-state index is -0.222. The van der Waals surface area contributed by atoms with E-state index in [0.717, 1.165) is 0 Å². The van der Waals surface area contributed by atoms with Crippen molar-refractivity contribution in [1.29, 1.82) is 0 Å². The zero-order valence-electron chi connectivity index (χ0n) is 5.49. The van der Waals surface area contributed by atoms with E-state index in [1.54, 1.807) is 0 Å². The number of hydrogen-bond donors (Lipinski definition) is 1. The molecule has 0 aromatic carbocycles. The van der Waals surface area contributed by atoms with Crippen LogP contribution < -0.4 is 6.15 Å². The lowest BCUT2D eigenvalue weighted by Crippen LogP contribution is -2.12. The number of carbonyl (C=O) groups excluding carboxylic acids is 1. The van der Waals surface area contributed by atoms with E-state index in [0.29, 0.717) is 0 Å². The Labute approximate surface area is 58.4 Å². The van der Waals surface area contributed by atoms with Crippen LogP contribution in [0.15, 0.2) is 0 Å². The van der Waals surface area contributed by atoms with Gasteiger partial charge in [-0.25, -0.2) is 0 Å². The molecule has 0 saturated heterocycles. The highest BCUT2D eigenvalue weighted by atomic mass is 79.9. The van der Waals surface area contributed by atoms with E-state index in [2.05, 4.69) is 15.9 Å². The summed E-state index contributed by atoms with van der Waals surface area (Å²) in [5.41, 5.74) is -0.222.